The van der Waals surface area contributed by atoms with Gasteiger partial charge in [0.25, 0.3) is 5.91 Å². The number of aryl methyl sites for hydroxylation is 1. The molecule has 1 aliphatic heterocycles. The van der Waals surface area contributed by atoms with Gasteiger partial charge in [-0.25, -0.2) is 0 Å². The first kappa shape index (κ1) is 17.6. The lowest BCUT2D eigenvalue weighted by atomic mass is 10.1. The number of nitrogens with zero attached hydrogens (tertiary/aromatic N) is 2. The highest BCUT2D eigenvalue weighted by Crippen LogP contribution is 2.19. The number of carbonyl (C=O) groups is 1. The first-order chi connectivity index (χ1) is 12.1. The number of benzene rings is 1. The summed E-state index contributed by atoms with van der Waals surface area (Å²) in [4.78, 5) is 14.5. The maximum Gasteiger partial charge on any atom is 0.289 e. The molecule has 0 atom stereocenters. The van der Waals surface area contributed by atoms with Gasteiger partial charge in [0.2, 0.25) is 5.76 Å². The summed E-state index contributed by atoms with van der Waals surface area (Å²) in [6, 6.07) is 9.60. The molecule has 6 nitrogen and oxygen atoms in total. The first-order valence-electron chi connectivity index (χ1n) is 8.84. The molecule has 1 amide bonds. The summed E-state index contributed by atoms with van der Waals surface area (Å²) in [6.45, 7) is 5.40. The van der Waals surface area contributed by atoms with Gasteiger partial charge in [0.15, 0.2) is 0 Å². The molecule has 1 aliphatic rings. The van der Waals surface area contributed by atoms with Gasteiger partial charge in [0.1, 0.15) is 5.69 Å². The van der Waals surface area contributed by atoms with E-state index >= 15 is 0 Å². The Morgan fingerprint density at radius 1 is 1.32 bits per heavy atom. The van der Waals surface area contributed by atoms with E-state index in [0.717, 1.165) is 44.5 Å². The molecule has 1 fully saturated rings. The summed E-state index contributed by atoms with van der Waals surface area (Å²) in [5, 5.41) is 16.3. The molecule has 1 saturated heterocycles. The predicted molar refractivity (Wildman–Crippen MR) is 95.3 cm³/mol. The number of piperidine rings is 1. The fraction of sp³-hybridized carbons (Fsp3) is 0.474. The van der Waals surface area contributed by atoms with Crippen LogP contribution in [0.25, 0.3) is 11.3 Å². The molecule has 0 bridgehead atoms. The van der Waals surface area contributed by atoms with Gasteiger partial charge in [-0.05, 0) is 32.7 Å². The second kappa shape index (κ2) is 8.27. The Labute approximate surface area is 147 Å². The number of likely N-dealkylation sites (tertiary alicyclic amines) is 1. The normalized spacial score (nSPS) is 16.1. The lowest BCUT2D eigenvalue weighted by Crippen LogP contribution is -2.37. The molecule has 3 rings (SSSR count). The maximum atomic E-state index is 12.1. The summed E-state index contributed by atoms with van der Waals surface area (Å²) in [6.07, 6.45) is 2.41. The van der Waals surface area contributed by atoms with Crippen LogP contribution < -0.4 is 5.32 Å². The summed E-state index contributed by atoms with van der Waals surface area (Å²) in [5.41, 5.74) is 2.77. The van der Waals surface area contributed by atoms with Crippen LogP contribution in [0.15, 0.2) is 34.9 Å². The van der Waals surface area contributed by atoms with Crippen molar-refractivity contribution in [2.45, 2.75) is 32.3 Å². The van der Waals surface area contributed by atoms with Crippen molar-refractivity contribution in [3.8, 4) is 11.3 Å². The minimum atomic E-state index is -0.236. The van der Waals surface area contributed by atoms with E-state index < -0.39 is 0 Å². The second-order valence-corrected chi connectivity index (χ2v) is 6.62. The lowest BCUT2D eigenvalue weighted by molar-refractivity contribution is 0.0813. The van der Waals surface area contributed by atoms with Gasteiger partial charge >= 0.3 is 0 Å². The Balaban J connectivity index is 1.43. The number of hydrogen-bond donors (Lipinski definition) is 2. The average Bonchev–Trinajstić information content (AvgIpc) is 3.11. The molecular weight excluding hydrogens is 318 g/mol. The standard InChI is InChI=1S/C19H25N3O3/c1-14-3-5-15(6-4-14)17-13-18(25-21-17)19(24)20-9-2-10-22-11-7-16(23)8-12-22/h3-6,13,16,23H,2,7-12H2,1H3,(H,20,24). The van der Waals surface area contributed by atoms with Crippen LogP contribution in [0.1, 0.15) is 35.4 Å². The average molecular weight is 343 g/mol. The molecule has 6 heteroatoms. The molecule has 0 unspecified atom stereocenters. The minimum Gasteiger partial charge on any atom is -0.393 e. The van der Waals surface area contributed by atoms with E-state index in [0.29, 0.717) is 12.2 Å². The van der Waals surface area contributed by atoms with Gasteiger partial charge in [-0.1, -0.05) is 35.0 Å². The van der Waals surface area contributed by atoms with Gasteiger partial charge in [-0.15, -0.1) is 0 Å². The van der Waals surface area contributed by atoms with Gasteiger partial charge in [-0.3, -0.25) is 4.79 Å². The Morgan fingerprint density at radius 2 is 2.04 bits per heavy atom. The number of nitrogens with one attached hydrogen (secondary N) is 1. The molecule has 0 spiro atoms. The van der Waals surface area contributed by atoms with E-state index in [1.54, 1.807) is 6.07 Å². The number of rotatable bonds is 6. The number of aliphatic hydroxyl groups excluding tert-OH is 1. The third-order valence-electron chi connectivity index (χ3n) is 4.58. The Kier molecular flexibility index (Phi) is 5.83. The predicted octanol–water partition coefficient (Wildman–Crippen LogP) is 2.23. The van der Waals surface area contributed by atoms with Crippen LogP contribution in [0.3, 0.4) is 0 Å². The smallest absolute Gasteiger partial charge is 0.289 e. The highest BCUT2D eigenvalue weighted by atomic mass is 16.5. The highest BCUT2D eigenvalue weighted by molar-refractivity contribution is 5.92. The van der Waals surface area contributed by atoms with E-state index in [-0.39, 0.29) is 17.8 Å². The van der Waals surface area contributed by atoms with Crippen LogP contribution in [-0.4, -0.2) is 53.4 Å². The van der Waals surface area contributed by atoms with Crippen molar-refractivity contribution in [1.82, 2.24) is 15.4 Å². The second-order valence-electron chi connectivity index (χ2n) is 6.62. The lowest BCUT2D eigenvalue weighted by Gasteiger charge is -2.29. The van der Waals surface area contributed by atoms with Crippen molar-refractivity contribution < 1.29 is 14.4 Å². The van der Waals surface area contributed by atoms with E-state index in [4.69, 9.17) is 4.52 Å². The summed E-state index contributed by atoms with van der Waals surface area (Å²) in [5.74, 6) is -0.00315. The minimum absolute atomic E-state index is 0.148. The van der Waals surface area contributed by atoms with Crippen molar-refractivity contribution in [2.24, 2.45) is 0 Å². The number of aliphatic hydroxyl groups is 1. The van der Waals surface area contributed by atoms with Gasteiger partial charge in [0, 0.05) is 31.3 Å². The van der Waals surface area contributed by atoms with Crippen molar-refractivity contribution in [3.63, 3.8) is 0 Å². The molecule has 2 N–H and O–H groups in total. The number of aromatic nitrogens is 1. The van der Waals surface area contributed by atoms with Crippen molar-refractivity contribution in [2.75, 3.05) is 26.2 Å². The van der Waals surface area contributed by atoms with Gasteiger partial charge in [0.05, 0.1) is 6.10 Å². The molecule has 0 aliphatic carbocycles. The van der Waals surface area contributed by atoms with Crippen molar-refractivity contribution in [1.29, 1.82) is 0 Å². The topological polar surface area (TPSA) is 78.6 Å². The monoisotopic (exact) mass is 343 g/mol. The largest absolute Gasteiger partial charge is 0.393 e. The van der Waals surface area contributed by atoms with Gasteiger partial charge < -0.3 is 19.8 Å². The molecule has 25 heavy (non-hydrogen) atoms. The number of hydrogen-bond acceptors (Lipinski definition) is 5. The highest BCUT2D eigenvalue weighted by Gasteiger charge is 2.17. The van der Waals surface area contributed by atoms with Crippen LogP contribution in [0.5, 0.6) is 0 Å². The zero-order valence-electron chi connectivity index (χ0n) is 14.6. The maximum absolute atomic E-state index is 12.1. The third kappa shape index (κ3) is 4.90. The van der Waals surface area contributed by atoms with Crippen LogP contribution >= 0.6 is 0 Å². The quantitative estimate of drug-likeness (QED) is 0.787. The molecule has 0 saturated carbocycles. The van der Waals surface area contributed by atoms with Crippen LogP contribution in [0.2, 0.25) is 0 Å². The summed E-state index contributed by atoms with van der Waals surface area (Å²) >= 11 is 0. The number of carbonyl (C=O) groups excluding carboxylic acids is 1. The zero-order valence-corrected chi connectivity index (χ0v) is 14.6. The summed E-state index contributed by atoms with van der Waals surface area (Å²) < 4.78 is 5.17. The van der Waals surface area contributed by atoms with E-state index in [1.165, 1.54) is 5.56 Å². The van der Waals surface area contributed by atoms with Crippen LogP contribution in [0, 0.1) is 6.92 Å². The molecule has 2 aromatic rings. The van der Waals surface area contributed by atoms with E-state index in [2.05, 4.69) is 15.4 Å². The van der Waals surface area contributed by atoms with Gasteiger partial charge in [-0.2, -0.15) is 0 Å². The zero-order chi connectivity index (χ0) is 17.6. The molecule has 1 aromatic heterocycles. The van der Waals surface area contributed by atoms with Crippen molar-refractivity contribution in [3.05, 3.63) is 41.7 Å². The molecular formula is C19H25N3O3. The molecule has 1 aromatic carbocycles. The summed E-state index contributed by atoms with van der Waals surface area (Å²) in [7, 11) is 0. The fourth-order valence-electron chi connectivity index (χ4n) is 2.98. The Bertz CT molecular complexity index is 688. The third-order valence-corrected chi connectivity index (χ3v) is 4.58. The fourth-order valence-corrected chi connectivity index (χ4v) is 2.98. The molecule has 134 valence electrons. The Hall–Kier alpha value is -2.18. The van der Waals surface area contributed by atoms with Crippen molar-refractivity contribution >= 4 is 5.91 Å². The SMILES string of the molecule is Cc1ccc(-c2cc(C(=O)NCCCN3CCC(O)CC3)on2)cc1. The van der Waals surface area contributed by atoms with E-state index in [9.17, 15) is 9.90 Å². The number of amides is 1. The van der Waals surface area contributed by atoms with Crippen LogP contribution in [0.4, 0.5) is 0 Å². The first-order valence-corrected chi connectivity index (χ1v) is 8.84. The van der Waals surface area contributed by atoms with E-state index in [1.807, 2.05) is 31.2 Å². The molecule has 0 radical (unpaired) electrons. The Morgan fingerprint density at radius 3 is 2.76 bits per heavy atom. The van der Waals surface area contributed by atoms with Crippen LogP contribution in [-0.2, 0) is 0 Å². The molecule has 2 heterocycles.